The summed E-state index contributed by atoms with van der Waals surface area (Å²) in [4.78, 5) is 25.2. The standard InChI is InChI=1S/C11H14ClN3O3/c1-7-9(12)10(13-15(7)8(2)16)11(17)14-3-5-18-6-4-14/h3-6H2,1-2H3. The molecule has 0 spiro atoms. The molecule has 2 heterocycles. The summed E-state index contributed by atoms with van der Waals surface area (Å²) >= 11 is 6.06. The number of aromatic nitrogens is 2. The lowest BCUT2D eigenvalue weighted by Crippen LogP contribution is -2.41. The van der Waals surface area contributed by atoms with Crippen LogP contribution in [0.5, 0.6) is 0 Å². The van der Waals surface area contributed by atoms with E-state index in [0.717, 1.165) is 4.68 Å². The van der Waals surface area contributed by atoms with Gasteiger partial charge in [0.05, 0.1) is 23.9 Å². The minimum atomic E-state index is -0.268. The van der Waals surface area contributed by atoms with Crippen molar-refractivity contribution in [1.29, 1.82) is 0 Å². The quantitative estimate of drug-likeness (QED) is 0.764. The summed E-state index contributed by atoms with van der Waals surface area (Å²) in [6.07, 6.45) is 0. The molecule has 0 bridgehead atoms. The Morgan fingerprint density at radius 2 is 1.94 bits per heavy atom. The molecule has 1 aromatic heterocycles. The lowest BCUT2D eigenvalue weighted by molar-refractivity contribution is 0.0298. The van der Waals surface area contributed by atoms with Crippen LogP contribution in [-0.4, -0.2) is 52.8 Å². The summed E-state index contributed by atoms with van der Waals surface area (Å²) < 4.78 is 6.33. The number of amides is 1. The van der Waals surface area contributed by atoms with Gasteiger partial charge in [-0.2, -0.15) is 5.10 Å². The summed E-state index contributed by atoms with van der Waals surface area (Å²) in [6, 6.07) is 0. The van der Waals surface area contributed by atoms with E-state index in [4.69, 9.17) is 16.3 Å². The first kappa shape index (κ1) is 13.0. The molecule has 0 aliphatic carbocycles. The Hall–Kier alpha value is -1.40. The highest BCUT2D eigenvalue weighted by molar-refractivity contribution is 6.34. The van der Waals surface area contributed by atoms with Crippen molar-refractivity contribution < 1.29 is 14.3 Å². The van der Waals surface area contributed by atoms with Gasteiger partial charge in [0.2, 0.25) is 5.91 Å². The van der Waals surface area contributed by atoms with E-state index in [0.29, 0.717) is 32.0 Å². The monoisotopic (exact) mass is 271 g/mol. The highest BCUT2D eigenvalue weighted by Gasteiger charge is 2.26. The van der Waals surface area contributed by atoms with Crippen LogP contribution in [0, 0.1) is 6.92 Å². The van der Waals surface area contributed by atoms with E-state index in [-0.39, 0.29) is 22.5 Å². The second-order valence-electron chi connectivity index (χ2n) is 4.08. The van der Waals surface area contributed by atoms with Crippen LogP contribution < -0.4 is 0 Å². The van der Waals surface area contributed by atoms with Crippen LogP contribution >= 0.6 is 11.6 Å². The first-order valence-corrected chi connectivity index (χ1v) is 6.03. The van der Waals surface area contributed by atoms with Gasteiger partial charge in [-0.15, -0.1) is 0 Å². The van der Waals surface area contributed by atoms with Gasteiger partial charge in [-0.25, -0.2) is 4.68 Å². The normalized spacial score (nSPS) is 15.8. The van der Waals surface area contributed by atoms with Crippen molar-refractivity contribution in [3.05, 3.63) is 16.4 Å². The van der Waals surface area contributed by atoms with E-state index in [1.165, 1.54) is 6.92 Å². The Balaban J connectivity index is 2.30. The third-order valence-electron chi connectivity index (χ3n) is 2.84. The topological polar surface area (TPSA) is 64.4 Å². The first-order valence-electron chi connectivity index (χ1n) is 5.65. The Bertz CT molecular complexity index is 492. The molecule has 1 amide bonds. The van der Waals surface area contributed by atoms with Crippen molar-refractivity contribution in [3.63, 3.8) is 0 Å². The maximum absolute atomic E-state index is 12.2. The summed E-state index contributed by atoms with van der Waals surface area (Å²) in [5.41, 5.74) is 0.618. The molecule has 1 fully saturated rings. The smallest absolute Gasteiger partial charge is 0.276 e. The average Bonchev–Trinajstić information content (AvgIpc) is 2.67. The molecule has 1 saturated heterocycles. The zero-order chi connectivity index (χ0) is 13.3. The number of rotatable bonds is 1. The number of morpholine rings is 1. The molecule has 0 radical (unpaired) electrons. The Morgan fingerprint density at radius 3 is 2.44 bits per heavy atom. The molecule has 1 aliphatic rings. The van der Waals surface area contributed by atoms with Gasteiger partial charge < -0.3 is 9.64 Å². The summed E-state index contributed by atoms with van der Waals surface area (Å²) in [6.45, 7) is 5.08. The zero-order valence-corrected chi connectivity index (χ0v) is 11.0. The van der Waals surface area contributed by atoms with E-state index in [1.807, 2.05) is 0 Å². The molecular formula is C11H14ClN3O3. The van der Waals surface area contributed by atoms with E-state index >= 15 is 0 Å². The molecule has 18 heavy (non-hydrogen) atoms. The van der Waals surface area contributed by atoms with Crippen molar-refractivity contribution in [2.45, 2.75) is 13.8 Å². The number of carbonyl (C=O) groups excluding carboxylic acids is 2. The summed E-state index contributed by atoms with van der Waals surface area (Å²) in [5, 5.41) is 4.22. The predicted octanol–water partition coefficient (Wildman–Crippen LogP) is 0.977. The number of halogens is 1. The van der Waals surface area contributed by atoms with Crippen LogP contribution in [0.4, 0.5) is 0 Å². The molecule has 0 N–H and O–H groups in total. The van der Waals surface area contributed by atoms with Gasteiger partial charge in [0.25, 0.3) is 5.91 Å². The molecular weight excluding hydrogens is 258 g/mol. The first-order chi connectivity index (χ1) is 8.52. The third kappa shape index (κ3) is 2.26. The molecule has 0 unspecified atom stereocenters. The summed E-state index contributed by atoms with van der Waals surface area (Å²) in [5.74, 6) is -0.526. The lowest BCUT2D eigenvalue weighted by atomic mass is 10.3. The third-order valence-corrected chi connectivity index (χ3v) is 3.29. The van der Waals surface area contributed by atoms with Crippen LogP contribution in [0.2, 0.25) is 5.02 Å². The van der Waals surface area contributed by atoms with E-state index in [1.54, 1.807) is 11.8 Å². The van der Waals surface area contributed by atoms with Gasteiger partial charge in [-0.05, 0) is 6.92 Å². The van der Waals surface area contributed by atoms with Crippen molar-refractivity contribution in [2.75, 3.05) is 26.3 Å². The van der Waals surface area contributed by atoms with Gasteiger partial charge in [-0.3, -0.25) is 9.59 Å². The second kappa shape index (κ2) is 5.07. The van der Waals surface area contributed by atoms with Crippen LogP contribution in [0.1, 0.15) is 27.9 Å². The molecule has 0 atom stereocenters. The molecule has 98 valence electrons. The maximum Gasteiger partial charge on any atom is 0.276 e. The minimum absolute atomic E-state index is 0.131. The largest absolute Gasteiger partial charge is 0.378 e. The fraction of sp³-hybridized carbons (Fsp3) is 0.545. The Morgan fingerprint density at radius 1 is 1.33 bits per heavy atom. The van der Waals surface area contributed by atoms with Crippen molar-refractivity contribution in [2.24, 2.45) is 0 Å². The van der Waals surface area contributed by atoms with Crippen LogP contribution in [0.3, 0.4) is 0 Å². The second-order valence-corrected chi connectivity index (χ2v) is 4.46. The average molecular weight is 272 g/mol. The molecule has 0 saturated carbocycles. The minimum Gasteiger partial charge on any atom is -0.378 e. The molecule has 7 heteroatoms. The molecule has 0 aromatic carbocycles. The Labute approximate surface area is 109 Å². The van der Waals surface area contributed by atoms with Gasteiger partial charge in [0, 0.05) is 20.0 Å². The number of nitrogens with zero attached hydrogens (tertiary/aromatic N) is 3. The number of hydrogen-bond acceptors (Lipinski definition) is 4. The number of hydrogen-bond donors (Lipinski definition) is 0. The molecule has 1 aromatic rings. The summed E-state index contributed by atoms with van der Waals surface area (Å²) in [7, 11) is 0. The fourth-order valence-corrected chi connectivity index (χ4v) is 2.04. The Kier molecular flexibility index (Phi) is 3.68. The fourth-order valence-electron chi connectivity index (χ4n) is 1.84. The van der Waals surface area contributed by atoms with Crippen LogP contribution in [0.15, 0.2) is 0 Å². The molecule has 6 nitrogen and oxygen atoms in total. The zero-order valence-electron chi connectivity index (χ0n) is 10.3. The van der Waals surface area contributed by atoms with E-state index in [2.05, 4.69) is 5.10 Å². The maximum atomic E-state index is 12.2. The number of carbonyl (C=O) groups is 2. The highest BCUT2D eigenvalue weighted by atomic mass is 35.5. The van der Waals surface area contributed by atoms with Crippen molar-refractivity contribution in [3.8, 4) is 0 Å². The number of ether oxygens (including phenoxy) is 1. The van der Waals surface area contributed by atoms with Crippen molar-refractivity contribution in [1.82, 2.24) is 14.7 Å². The van der Waals surface area contributed by atoms with Gasteiger partial charge in [0.15, 0.2) is 5.69 Å². The van der Waals surface area contributed by atoms with Gasteiger partial charge in [0.1, 0.15) is 0 Å². The van der Waals surface area contributed by atoms with E-state index < -0.39 is 0 Å². The van der Waals surface area contributed by atoms with Gasteiger partial charge >= 0.3 is 0 Å². The highest BCUT2D eigenvalue weighted by Crippen LogP contribution is 2.21. The lowest BCUT2D eigenvalue weighted by Gasteiger charge is -2.26. The van der Waals surface area contributed by atoms with Crippen LogP contribution in [0.25, 0.3) is 0 Å². The molecule has 1 aliphatic heterocycles. The molecule has 2 rings (SSSR count). The predicted molar refractivity (Wildman–Crippen MR) is 65.0 cm³/mol. The van der Waals surface area contributed by atoms with Gasteiger partial charge in [-0.1, -0.05) is 11.6 Å². The SMILES string of the molecule is CC(=O)n1nc(C(=O)N2CCOCC2)c(Cl)c1C. The van der Waals surface area contributed by atoms with Crippen molar-refractivity contribution >= 4 is 23.4 Å². The van der Waals surface area contributed by atoms with Crippen LogP contribution in [-0.2, 0) is 4.74 Å². The van der Waals surface area contributed by atoms with E-state index in [9.17, 15) is 9.59 Å².